The van der Waals surface area contributed by atoms with Gasteiger partial charge in [-0.25, -0.2) is 9.56 Å². The molecule has 0 aromatic carbocycles. The summed E-state index contributed by atoms with van der Waals surface area (Å²) in [5.74, 6) is -2.13. The number of amides is 1. The minimum absolute atomic E-state index is 0.000581. The third-order valence-corrected chi connectivity index (χ3v) is 12.0. The summed E-state index contributed by atoms with van der Waals surface area (Å²) < 4.78 is 36.7. The van der Waals surface area contributed by atoms with Crippen molar-refractivity contribution in [3.8, 4) is 0 Å². The number of carbonyl (C=O) groups excluding carboxylic acids is 6. The van der Waals surface area contributed by atoms with E-state index in [1.165, 1.54) is 27.9 Å². The molecule has 1 rings (SSSR count). The van der Waals surface area contributed by atoms with Crippen molar-refractivity contribution in [2.24, 2.45) is 10.8 Å². The molecule has 0 aliphatic rings. The Balaban J connectivity index is 2.91. The number of unbranched alkanes of at least 4 members (excludes halogenated alkanes) is 16. The maximum absolute atomic E-state index is 13.5. The molecule has 0 saturated carbocycles. The van der Waals surface area contributed by atoms with Crippen LogP contribution in [0.25, 0.3) is 0 Å². The molecule has 0 bridgehead atoms. The number of aliphatic hydroxyl groups is 1. The first-order valence-electron chi connectivity index (χ1n) is 26.9. The van der Waals surface area contributed by atoms with Crippen LogP contribution in [0.15, 0.2) is 18.7 Å². The van der Waals surface area contributed by atoms with E-state index in [0.29, 0.717) is 12.8 Å². The van der Waals surface area contributed by atoms with E-state index in [-0.39, 0.29) is 103 Å². The minimum Gasteiger partial charge on any atom is -0.465 e. The summed E-state index contributed by atoms with van der Waals surface area (Å²) in [4.78, 5) is 81.5. The Morgan fingerprint density at radius 2 is 0.900 bits per heavy atom. The van der Waals surface area contributed by atoms with Crippen LogP contribution < -0.4 is 0 Å². The fourth-order valence-corrected chi connectivity index (χ4v) is 7.32. The van der Waals surface area contributed by atoms with Crippen molar-refractivity contribution < 1.29 is 66.9 Å². The van der Waals surface area contributed by atoms with Crippen molar-refractivity contribution in [1.29, 1.82) is 0 Å². The molecule has 70 heavy (non-hydrogen) atoms. The second-order valence-corrected chi connectivity index (χ2v) is 19.7. The second-order valence-electron chi connectivity index (χ2n) is 19.7. The lowest BCUT2D eigenvalue weighted by Crippen LogP contribution is -2.37. The zero-order valence-corrected chi connectivity index (χ0v) is 44.3. The van der Waals surface area contributed by atoms with Crippen molar-refractivity contribution in [3.05, 3.63) is 18.7 Å². The molecule has 1 amide bonds. The van der Waals surface area contributed by atoms with Gasteiger partial charge in [0.15, 0.2) is 12.6 Å². The Kier molecular flexibility index (Phi) is 36.9. The van der Waals surface area contributed by atoms with Crippen molar-refractivity contribution in [3.63, 3.8) is 0 Å². The molecule has 402 valence electrons. The van der Waals surface area contributed by atoms with E-state index >= 15 is 0 Å². The SMILES string of the molecule is CCCCCCCC(=O)OCC(C)(COC(=O)CCCCCCC)COC(=O)CCC/[N+](=C\CCC(=O)OCC(C)(COC(=O)CCCCCCC)COC(O)CCCCCCC)C(=O)n1ccnc1. The minimum atomic E-state index is -1.00. The van der Waals surface area contributed by atoms with Crippen LogP contribution in [-0.2, 0) is 52.4 Å². The van der Waals surface area contributed by atoms with Gasteiger partial charge in [-0.3, -0.25) is 24.0 Å². The lowest BCUT2D eigenvalue weighted by Gasteiger charge is -2.29. The lowest BCUT2D eigenvalue weighted by molar-refractivity contribution is -0.425. The highest BCUT2D eigenvalue weighted by Gasteiger charge is 2.32. The van der Waals surface area contributed by atoms with Crippen LogP contribution >= 0.6 is 0 Å². The summed E-state index contributed by atoms with van der Waals surface area (Å²) in [6.07, 6.45) is 26.4. The largest absolute Gasteiger partial charge is 0.503 e. The molecule has 0 saturated heterocycles. The Bertz CT molecular complexity index is 1570. The van der Waals surface area contributed by atoms with E-state index < -0.39 is 35.1 Å². The maximum atomic E-state index is 13.5. The number of hydrogen-bond acceptors (Lipinski definition) is 14. The average Bonchev–Trinajstić information content (AvgIpc) is 3.90. The highest BCUT2D eigenvalue weighted by molar-refractivity contribution is 5.76. The summed E-state index contributed by atoms with van der Waals surface area (Å²) in [6.45, 7) is 11.7. The summed E-state index contributed by atoms with van der Waals surface area (Å²) in [7, 11) is 0. The van der Waals surface area contributed by atoms with Gasteiger partial charge in [-0.2, -0.15) is 9.36 Å². The van der Waals surface area contributed by atoms with Crippen LogP contribution in [0.4, 0.5) is 4.79 Å². The van der Waals surface area contributed by atoms with Crippen LogP contribution in [0.5, 0.6) is 0 Å². The first-order chi connectivity index (χ1) is 33.7. The van der Waals surface area contributed by atoms with Crippen molar-refractivity contribution in [1.82, 2.24) is 9.55 Å². The Labute approximate surface area is 420 Å². The molecule has 0 spiro atoms. The van der Waals surface area contributed by atoms with Crippen LogP contribution in [0.1, 0.15) is 221 Å². The number of carbonyl (C=O) groups is 6. The summed E-state index contributed by atoms with van der Waals surface area (Å²) in [5, 5.41) is 10.6. The molecule has 1 heterocycles. The molecule has 0 radical (unpaired) electrons. The molecular formula is C54H94N3O13+. The van der Waals surface area contributed by atoms with Gasteiger partial charge in [-0.05, 0) is 45.4 Å². The molecule has 1 aromatic rings. The molecule has 16 nitrogen and oxygen atoms in total. The van der Waals surface area contributed by atoms with Crippen LogP contribution in [0.2, 0.25) is 0 Å². The molecule has 1 N–H and O–H groups in total. The quantitative estimate of drug-likeness (QED) is 0.0162. The van der Waals surface area contributed by atoms with Gasteiger partial charge in [0.05, 0.1) is 42.8 Å². The number of aliphatic hydroxyl groups excluding tert-OH is 1. The van der Waals surface area contributed by atoms with Gasteiger partial charge in [-0.15, -0.1) is 0 Å². The number of esters is 5. The maximum Gasteiger partial charge on any atom is 0.503 e. The highest BCUT2D eigenvalue weighted by atomic mass is 16.6. The van der Waals surface area contributed by atoms with Crippen LogP contribution in [0.3, 0.4) is 0 Å². The topological polar surface area (TPSA) is 199 Å². The third-order valence-electron chi connectivity index (χ3n) is 12.0. The van der Waals surface area contributed by atoms with Gasteiger partial charge in [0.25, 0.3) is 0 Å². The van der Waals surface area contributed by atoms with Gasteiger partial charge in [0.1, 0.15) is 39.2 Å². The zero-order valence-electron chi connectivity index (χ0n) is 44.3. The van der Waals surface area contributed by atoms with E-state index in [4.69, 9.17) is 28.4 Å². The Morgan fingerprint density at radius 3 is 1.30 bits per heavy atom. The first-order valence-corrected chi connectivity index (χ1v) is 26.9. The summed E-state index contributed by atoms with van der Waals surface area (Å²) in [6, 6.07) is -0.438. The third kappa shape index (κ3) is 33.4. The Morgan fingerprint density at radius 1 is 0.529 bits per heavy atom. The average molecular weight is 993 g/mol. The molecule has 16 heteroatoms. The van der Waals surface area contributed by atoms with Gasteiger partial charge in [-0.1, -0.05) is 137 Å². The highest BCUT2D eigenvalue weighted by Crippen LogP contribution is 2.23. The Hall–Kier alpha value is -4.18. The van der Waals surface area contributed by atoms with E-state index in [1.807, 2.05) is 0 Å². The molecule has 0 aliphatic heterocycles. The number of nitrogens with zero attached hydrogens (tertiary/aromatic N) is 3. The van der Waals surface area contributed by atoms with Gasteiger partial charge in [0, 0.05) is 32.1 Å². The predicted molar refractivity (Wildman–Crippen MR) is 269 cm³/mol. The molecule has 2 unspecified atom stereocenters. The predicted octanol–water partition coefficient (Wildman–Crippen LogP) is 11.0. The van der Waals surface area contributed by atoms with Gasteiger partial charge >= 0.3 is 35.9 Å². The normalized spacial score (nSPS) is 13.0. The van der Waals surface area contributed by atoms with Crippen molar-refractivity contribution >= 4 is 42.1 Å². The number of aromatic nitrogens is 2. The smallest absolute Gasteiger partial charge is 0.465 e. The molecular weight excluding hydrogens is 899 g/mol. The standard InChI is InChI=1S/C54H94N3O13/c1-7-11-15-19-23-29-46(58)65-39-53(5,40-66-47(59)30-24-20-16-12-8-2)43-69-50(62)33-27-36-56(52(64)57-38-35-55-45-57)37-28-34-51(63)70-44-54(6,41-67-48(60)31-25-21-17-13-9-3)42-68-49(61)32-26-22-18-14-10-4/h35-36,38,45-46,58H,7-34,37,39-44H2,1-6H3/q+1/b56-36+. The van der Waals surface area contributed by atoms with E-state index in [2.05, 4.69) is 32.7 Å². The van der Waals surface area contributed by atoms with Crippen LogP contribution in [-0.4, -0.2) is 114 Å². The van der Waals surface area contributed by atoms with Crippen molar-refractivity contribution in [2.45, 2.75) is 228 Å². The fraction of sp³-hybridized carbons (Fsp3) is 0.815. The lowest BCUT2D eigenvalue weighted by atomic mass is 9.94. The summed E-state index contributed by atoms with van der Waals surface area (Å²) >= 11 is 0. The monoisotopic (exact) mass is 993 g/mol. The second kappa shape index (κ2) is 40.4. The molecule has 0 fully saturated rings. The number of rotatable bonds is 44. The van der Waals surface area contributed by atoms with E-state index in [1.54, 1.807) is 20.1 Å². The van der Waals surface area contributed by atoms with Gasteiger partial charge in [0.2, 0.25) is 0 Å². The summed E-state index contributed by atoms with van der Waals surface area (Å²) in [5.41, 5.74) is -1.90. The molecule has 1 aromatic heterocycles. The van der Waals surface area contributed by atoms with Crippen LogP contribution in [0, 0.1) is 10.8 Å². The molecule has 2 atom stereocenters. The number of ether oxygens (including phenoxy) is 6. The van der Waals surface area contributed by atoms with E-state index in [9.17, 15) is 33.9 Å². The number of hydrogen-bond donors (Lipinski definition) is 1. The van der Waals surface area contributed by atoms with Gasteiger partial charge < -0.3 is 33.5 Å². The fourth-order valence-electron chi connectivity index (χ4n) is 7.32. The van der Waals surface area contributed by atoms with E-state index in [0.717, 1.165) is 128 Å². The van der Waals surface area contributed by atoms with Crippen molar-refractivity contribution in [2.75, 3.05) is 46.2 Å². The number of imidazole rings is 1. The molecule has 0 aliphatic carbocycles. The zero-order chi connectivity index (χ0) is 51.7. The first kappa shape index (κ1) is 63.8.